The van der Waals surface area contributed by atoms with E-state index in [9.17, 15) is 4.79 Å². The summed E-state index contributed by atoms with van der Waals surface area (Å²) in [5.74, 6) is -0.0893. The first-order chi connectivity index (χ1) is 5.07. The summed E-state index contributed by atoms with van der Waals surface area (Å²) in [5, 5.41) is -0.408. The first kappa shape index (κ1) is 10.7. The smallest absolute Gasteiger partial charge is 0.172 e. The molecule has 0 aromatic carbocycles. The van der Waals surface area contributed by atoms with E-state index in [-0.39, 0.29) is 5.78 Å². The van der Waals surface area contributed by atoms with Crippen molar-refractivity contribution in [2.75, 3.05) is 20.6 Å². The van der Waals surface area contributed by atoms with E-state index < -0.39 is 5.38 Å². The summed E-state index contributed by atoms with van der Waals surface area (Å²) in [6.07, 6.45) is 1.95. The van der Waals surface area contributed by atoms with Crippen molar-refractivity contribution in [3.8, 4) is 0 Å². The number of halogens is 1. The molecule has 0 aliphatic rings. The van der Waals surface area contributed by atoms with E-state index in [4.69, 9.17) is 11.6 Å². The number of hydrogen-bond donors (Lipinski definition) is 0. The Morgan fingerprint density at radius 2 is 2.27 bits per heavy atom. The maximum absolute atomic E-state index is 10.9. The molecular weight excluding hydrogens is 162 g/mol. The minimum absolute atomic E-state index is 0.0893. The van der Waals surface area contributed by atoms with Crippen molar-refractivity contribution >= 4 is 17.4 Å². The average Bonchev–Trinajstić information content (AvgIpc) is 1.98. The maximum atomic E-state index is 10.9. The third-order valence-corrected chi connectivity index (χ3v) is 1.77. The summed E-state index contributed by atoms with van der Waals surface area (Å²) in [5.41, 5.74) is 0. The van der Waals surface area contributed by atoms with E-state index in [1.165, 1.54) is 6.08 Å². The molecule has 0 fully saturated rings. The second-order valence-electron chi connectivity index (χ2n) is 2.67. The topological polar surface area (TPSA) is 20.3 Å². The molecule has 3 heteroatoms. The highest BCUT2D eigenvalue weighted by Crippen LogP contribution is 2.04. The van der Waals surface area contributed by atoms with Gasteiger partial charge in [0.25, 0.3) is 0 Å². The summed E-state index contributed by atoms with van der Waals surface area (Å²) in [7, 11) is 3.89. The van der Waals surface area contributed by atoms with Crippen LogP contribution in [-0.4, -0.2) is 36.7 Å². The molecular formula is C8H14ClNO. The van der Waals surface area contributed by atoms with Gasteiger partial charge in [-0.3, -0.25) is 4.79 Å². The van der Waals surface area contributed by atoms with E-state index in [1.54, 1.807) is 0 Å². The monoisotopic (exact) mass is 175 g/mol. The van der Waals surface area contributed by atoms with Crippen molar-refractivity contribution in [3.63, 3.8) is 0 Å². The molecule has 0 aliphatic carbocycles. The van der Waals surface area contributed by atoms with Crippen molar-refractivity contribution in [2.24, 2.45) is 0 Å². The molecule has 0 aromatic rings. The molecule has 0 aliphatic heterocycles. The molecule has 0 bridgehead atoms. The highest BCUT2D eigenvalue weighted by Gasteiger charge is 2.10. The second-order valence-corrected chi connectivity index (χ2v) is 3.19. The van der Waals surface area contributed by atoms with Gasteiger partial charge in [-0.2, -0.15) is 0 Å². The molecule has 0 saturated heterocycles. The third kappa shape index (κ3) is 4.99. The fourth-order valence-electron chi connectivity index (χ4n) is 0.642. The SMILES string of the molecule is C=CC(=O)C(Cl)CCN(C)C. The minimum Gasteiger partial charge on any atom is -0.309 e. The van der Waals surface area contributed by atoms with Gasteiger partial charge in [-0.25, -0.2) is 0 Å². The summed E-state index contributed by atoms with van der Waals surface area (Å²) in [6.45, 7) is 4.19. The molecule has 2 nitrogen and oxygen atoms in total. The number of hydrogen-bond acceptors (Lipinski definition) is 2. The Morgan fingerprint density at radius 3 is 2.64 bits per heavy atom. The Bertz CT molecular complexity index is 145. The molecule has 0 radical (unpaired) electrons. The van der Waals surface area contributed by atoms with Crippen LogP contribution < -0.4 is 0 Å². The van der Waals surface area contributed by atoms with Gasteiger partial charge in [0.2, 0.25) is 0 Å². The van der Waals surface area contributed by atoms with Crippen molar-refractivity contribution in [1.82, 2.24) is 4.90 Å². The van der Waals surface area contributed by atoms with Gasteiger partial charge in [-0.1, -0.05) is 6.58 Å². The van der Waals surface area contributed by atoms with Crippen LogP contribution in [0.2, 0.25) is 0 Å². The third-order valence-electron chi connectivity index (χ3n) is 1.34. The second kappa shape index (κ2) is 5.33. The predicted octanol–water partition coefficient (Wildman–Crippen LogP) is 1.30. The van der Waals surface area contributed by atoms with Crippen LogP contribution in [0.25, 0.3) is 0 Å². The number of nitrogens with zero attached hydrogens (tertiary/aromatic N) is 1. The quantitative estimate of drug-likeness (QED) is 0.464. The number of allylic oxidation sites excluding steroid dienone is 1. The molecule has 0 N–H and O–H groups in total. The van der Waals surface area contributed by atoms with Crippen LogP contribution in [0.3, 0.4) is 0 Å². The van der Waals surface area contributed by atoms with Crippen molar-refractivity contribution in [3.05, 3.63) is 12.7 Å². The average molecular weight is 176 g/mol. The van der Waals surface area contributed by atoms with Gasteiger partial charge in [0.1, 0.15) is 0 Å². The minimum atomic E-state index is -0.408. The number of carbonyl (C=O) groups is 1. The number of alkyl halides is 1. The zero-order valence-corrected chi connectivity index (χ0v) is 7.77. The first-order valence-electron chi connectivity index (χ1n) is 3.53. The van der Waals surface area contributed by atoms with Gasteiger partial charge in [-0.15, -0.1) is 11.6 Å². The Balaban J connectivity index is 3.60. The highest BCUT2D eigenvalue weighted by molar-refractivity contribution is 6.32. The van der Waals surface area contributed by atoms with Gasteiger partial charge in [0.05, 0.1) is 5.38 Å². The largest absolute Gasteiger partial charge is 0.309 e. The Hall–Kier alpha value is -0.340. The molecule has 0 amide bonds. The number of carbonyl (C=O) groups excluding carboxylic acids is 1. The van der Waals surface area contributed by atoms with Crippen LogP contribution >= 0.6 is 11.6 Å². The molecule has 0 saturated carbocycles. The molecule has 1 atom stereocenters. The Kier molecular flexibility index (Phi) is 5.16. The van der Waals surface area contributed by atoms with E-state index in [0.29, 0.717) is 6.42 Å². The molecule has 0 heterocycles. The van der Waals surface area contributed by atoms with Gasteiger partial charge < -0.3 is 4.90 Å². The van der Waals surface area contributed by atoms with Crippen LogP contribution in [0.1, 0.15) is 6.42 Å². The van der Waals surface area contributed by atoms with Gasteiger partial charge >= 0.3 is 0 Å². The number of rotatable bonds is 5. The number of ketones is 1. The van der Waals surface area contributed by atoms with Crippen LogP contribution in [0.5, 0.6) is 0 Å². The predicted molar refractivity (Wildman–Crippen MR) is 48.0 cm³/mol. The van der Waals surface area contributed by atoms with Crippen LogP contribution in [0.4, 0.5) is 0 Å². The summed E-state index contributed by atoms with van der Waals surface area (Å²) in [6, 6.07) is 0. The Morgan fingerprint density at radius 1 is 1.73 bits per heavy atom. The van der Waals surface area contributed by atoms with Crippen molar-refractivity contribution in [2.45, 2.75) is 11.8 Å². The zero-order chi connectivity index (χ0) is 8.85. The molecule has 1 unspecified atom stereocenters. The lowest BCUT2D eigenvalue weighted by Crippen LogP contribution is -2.20. The lowest BCUT2D eigenvalue weighted by Gasteiger charge is -2.10. The zero-order valence-electron chi connectivity index (χ0n) is 7.01. The maximum Gasteiger partial charge on any atom is 0.172 e. The van der Waals surface area contributed by atoms with Crippen molar-refractivity contribution < 1.29 is 4.79 Å². The first-order valence-corrected chi connectivity index (χ1v) is 3.96. The highest BCUT2D eigenvalue weighted by atomic mass is 35.5. The molecule has 0 rings (SSSR count). The van der Waals surface area contributed by atoms with Crippen LogP contribution in [0, 0.1) is 0 Å². The molecule has 64 valence electrons. The normalized spacial score (nSPS) is 13.1. The van der Waals surface area contributed by atoms with Gasteiger partial charge in [0.15, 0.2) is 5.78 Å². The van der Waals surface area contributed by atoms with E-state index >= 15 is 0 Å². The fraction of sp³-hybridized carbons (Fsp3) is 0.625. The fourth-order valence-corrected chi connectivity index (χ4v) is 0.828. The van der Waals surface area contributed by atoms with Gasteiger partial charge in [-0.05, 0) is 33.1 Å². The molecule has 0 aromatic heterocycles. The van der Waals surface area contributed by atoms with Crippen LogP contribution in [-0.2, 0) is 4.79 Å². The van der Waals surface area contributed by atoms with E-state index in [1.807, 2.05) is 19.0 Å². The van der Waals surface area contributed by atoms with E-state index in [0.717, 1.165) is 6.54 Å². The lowest BCUT2D eigenvalue weighted by molar-refractivity contribution is -0.114. The molecule has 0 spiro atoms. The summed E-state index contributed by atoms with van der Waals surface area (Å²) < 4.78 is 0. The standard InChI is InChI=1S/C8H14ClNO/c1-4-8(11)7(9)5-6-10(2)3/h4,7H,1,5-6H2,2-3H3. The van der Waals surface area contributed by atoms with Crippen LogP contribution in [0.15, 0.2) is 12.7 Å². The van der Waals surface area contributed by atoms with Gasteiger partial charge in [0, 0.05) is 0 Å². The Labute approximate surface area is 72.8 Å². The molecule has 11 heavy (non-hydrogen) atoms. The lowest BCUT2D eigenvalue weighted by atomic mass is 10.2. The van der Waals surface area contributed by atoms with Crippen molar-refractivity contribution in [1.29, 1.82) is 0 Å². The summed E-state index contributed by atoms with van der Waals surface area (Å²) in [4.78, 5) is 12.8. The summed E-state index contributed by atoms with van der Waals surface area (Å²) >= 11 is 5.73. The van der Waals surface area contributed by atoms with E-state index in [2.05, 4.69) is 6.58 Å².